The molecular weight excluding hydrogens is 234 g/mol. The van der Waals surface area contributed by atoms with Gasteiger partial charge in [-0.3, -0.25) is 0 Å². The van der Waals surface area contributed by atoms with Crippen molar-refractivity contribution in [2.24, 2.45) is 0 Å². The second kappa shape index (κ2) is 5.11. The molecule has 0 saturated carbocycles. The first-order chi connectivity index (χ1) is 8.15. The van der Waals surface area contributed by atoms with E-state index in [1.807, 2.05) is 37.3 Å². The SMILES string of the molecule is Cc1cc(Cl)ccc1CNc1ccc(O)cc1. The molecule has 2 aromatic rings. The van der Waals surface area contributed by atoms with Crippen molar-refractivity contribution in [3.63, 3.8) is 0 Å². The summed E-state index contributed by atoms with van der Waals surface area (Å²) in [6, 6.07) is 12.9. The summed E-state index contributed by atoms with van der Waals surface area (Å²) in [4.78, 5) is 0. The van der Waals surface area contributed by atoms with Crippen LogP contribution in [0.5, 0.6) is 5.75 Å². The molecule has 2 N–H and O–H groups in total. The van der Waals surface area contributed by atoms with Crippen molar-refractivity contribution < 1.29 is 5.11 Å². The van der Waals surface area contributed by atoms with Crippen LogP contribution in [0, 0.1) is 6.92 Å². The normalized spacial score (nSPS) is 10.2. The van der Waals surface area contributed by atoms with Crippen LogP contribution in [0.2, 0.25) is 5.02 Å². The van der Waals surface area contributed by atoms with Gasteiger partial charge in [0.1, 0.15) is 5.75 Å². The number of anilines is 1. The van der Waals surface area contributed by atoms with Gasteiger partial charge in [0.05, 0.1) is 0 Å². The topological polar surface area (TPSA) is 32.3 Å². The van der Waals surface area contributed by atoms with Gasteiger partial charge in [-0.05, 0) is 54.4 Å². The molecule has 0 fully saturated rings. The summed E-state index contributed by atoms with van der Waals surface area (Å²) >= 11 is 5.90. The highest BCUT2D eigenvalue weighted by atomic mass is 35.5. The predicted octanol–water partition coefficient (Wildman–Crippen LogP) is 3.97. The molecule has 88 valence electrons. The molecule has 17 heavy (non-hydrogen) atoms. The zero-order valence-electron chi connectivity index (χ0n) is 9.57. The van der Waals surface area contributed by atoms with E-state index in [-0.39, 0.29) is 5.75 Å². The molecule has 3 heteroatoms. The molecule has 0 atom stereocenters. The van der Waals surface area contributed by atoms with Gasteiger partial charge in [0.25, 0.3) is 0 Å². The molecule has 2 nitrogen and oxygen atoms in total. The molecule has 0 heterocycles. The molecular formula is C14H14ClNO. The summed E-state index contributed by atoms with van der Waals surface area (Å²) < 4.78 is 0. The van der Waals surface area contributed by atoms with E-state index < -0.39 is 0 Å². The van der Waals surface area contributed by atoms with Crippen molar-refractivity contribution in [3.8, 4) is 5.75 Å². The number of phenolic OH excluding ortho intramolecular Hbond substituents is 1. The molecule has 0 aliphatic heterocycles. The Hall–Kier alpha value is -1.67. The minimum atomic E-state index is 0.276. The average Bonchev–Trinajstić information content (AvgIpc) is 2.30. The van der Waals surface area contributed by atoms with Gasteiger partial charge in [0.2, 0.25) is 0 Å². The maximum Gasteiger partial charge on any atom is 0.115 e. The van der Waals surface area contributed by atoms with Gasteiger partial charge in [-0.2, -0.15) is 0 Å². The first-order valence-corrected chi connectivity index (χ1v) is 5.81. The fourth-order valence-electron chi connectivity index (χ4n) is 1.63. The number of nitrogens with one attached hydrogen (secondary N) is 1. The van der Waals surface area contributed by atoms with E-state index >= 15 is 0 Å². The molecule has 0 aromatic heterocycles. The van der Waals surface area contributed by atoms with Crippen LogP contribution in [0.4, 0.5) is 5.69 Å². The molecule has 0 saturated heterocycles. The van der Waals surface area contributed by atoms with Gasteiger partial charge < -0.3 is 10.4 Å². The van der Waals surface area contributed by atoms with E-state index in [0.717, 1.165) is 17.3 Å². The van der Waals surface area contributed by atoms with Crippen molar-refractivity contribution in [1.29, 1.82) is 0 Å². The van der Waals surface area contributed by atoms with Crippen molar-refractivity contribution in [3.05, 3.63) is 58.6 Å². The number of halogens is 1. The van der Waals surface area contributed by atoms with Gasteiger partial charge in [-0.1, -0.05) is 17.7 Å². The van der Waals surface area contributed by atoms with Crippen molar-refractivity contribution >= 4 is 17.3 Å². The maximum atomic E-state index is 9.17. The van der Waals surface area contributed by atoms with Crippen molar-refractivity contribution in [2.45, 2.75) is 13.5 Å². The molecule has 0 bridgehead atoms. The fraction of sp³-hybridized carbons (Fsp3) is 0.143. The zero-order valence-corrected chi connectivity index (χ0v) is 10.3. The Kier molecular flexibility index (Phi) is 3.55. The van der Waals surface area contributed by atoms with E-state index in [1.54, 1.807) is 12.1 Å². The summed E-state index contributed by atoms with van der Waals surface area (Å²) in [6.07, 6.45) is 0. The van der Waals surface area contributed by atoms with Crippen LogP contribution in [0.3, 0.4) is 0 Å². The predicted molar refractivity (Wildman–Crippen MR) is 71.6 cm³/mol. The van der Waals surface area contributed by atoms with E-state index in [9.17, 15) is 5.11 Å². The first kappa shape index (κ1) is 11.8. The van der Waals surface area contributed by atoms with Crippen LogP contribution in [0.15, 0.2) is 42.5 Å². The monoisotopic (exact) mass is 247 g/mol. The molecule has 2 rings (SSSR count). The molecule has 2 aromatic carbocycles. The third-order valence-corrected chi connectivity index (χ3v) is 2.89. The molecule has 0 spiro atoms. The van der Waals surface area contributed by atoms with Crippen LogP contribution in [-0.4, -0.2) is 5.11 Å². The summed E-state index contributed by atoms with van der Waals surface area (Å²) in [7, 11) is 0. The Bertz CT molecular complexity index is 508. The van der Waals surface area contributed by atoms with Crippen LogP contribution in [0.1, 0.15) is 11.1 Å². The third kappa shape index (κ3) is 3.14. The lowest BCUT2D eigenvalue weighted by atomic mass is 10.1. The highest BCUT2D eigenvalue weighted by Gasteiger charge is 1.99. The van der Waals surface area contributed by atoms with Crippen LogP contribution in [-0.2, 0) is 6.54 Å². The van der Waals surface area contributed by atoms with Crippen LogP contribution >= 0.6 is 11.6 Å². The molecule has 0 radical (unpaired) electrons. The standard InChI is InChI=1S/C14H14ClNO/c1-10-8-12(15)3-2-11(10)9-16-13-4-6-14(17)7-5-13/h2-8,16-17H,9H2,1H3. The van der Waals surface area contributed by atoms with Gasteiger partial charge in [0.15, 0.2) is 0 Å². The maximum absolute atomic E-state index is 9.17. The third-order valence-electron chi connectivity index (χ3n) is 2.65. The van der Waals surface area contributed by atoms with Gasteiger partial charge in [-0.25, -0.2) is 0 Å². The van der Waals surface area contributed by atoms with E-state index in [0.29, 0.717) is 0 Å². The summed E-state index contributed by atoms with van der Waals surface area (Å²) in [5.41, 5.74) is 3.36. The van der Waals surface area contributed by atoms with E-state index in [1.165, 1.54) is 11.1 Å². The lowest BCUT2D eigenvalue weighted by Crippen LogP contribution is -2.00. The minimum absolute atomic E-state index is 0.276. The molecule has 0 amide bonds. The Labute approximate surface area is 106 Å². The minimum Gasteiger partial charge on any atom is -0.508 e. The largest absolute Gasteiger partial charge is 0.508 e. The van der Waals surface area contributed by atoms with Gasteiger partial charge >= 0.3 is 0 Å². The molecule has 0 unspecified atom stereocenters. The Morgan fingerprint density at radius 2 is 1.82 bits per heavy atom. The van der Waals surface area contributed by atoms with E-state index in [2.05, 4.69) is 5.32 Å². The highest BCUT2D eigenvalue weighted by Crippen LogP contribution is 2.18. The molecule has 0 aliphatic carbocycles. The van der Waals surface area contributed by atoms with Gasteiger partial charge in [0, 0.05) is 17.3 Å². The number of aryl methyl sites for hydroxylation is 1. The number of hydrogen-bond donors (Lipinski definition) is 2. The highest BCUT2D eigenvalue weighted by molar-refractivity contribution is 6.30. The summed E-state index contributed by atoms with van der Waals surface area (Å²) in [6.45, 7) is 2.79. The number of benzene rings is 2. The lowest BCUT2D eigenvalue weighted by molar-refractivity contribution is 0.475. The Morgan fingerprint density at radius 1 is 1.12 bits per heavy atom. The Balaban J connectivity index is 2.04. The number of rotatable bonds is 3. The van der Waals surface area contributed by atoms with Crippen LogP contribution < -0.4 is 5.32 Å². The first-order valence-electron chi connectivity index (χ1n) is 5.43. The quantitative estimate of drug-likeness (QED) is 0.805. The summed E-state index contributed by atoms with van der Waals surface area (Å²) in [5.74, 6) is 0.276. The second-order valence-electron chi connectivity index (χ2n) is 3.97. The van der Waals surface area contributed by atoms with E-state index in [4.69, 9.17) is 11.6 Å². The zero-order chi connectivity index (χ0) is 12.3. The van der Waals surface area contributed by atoms with Crippen molar-refractivity contribution in [2.75, 3.05) is 5.32 Å². The smallest absolute Gasteiger partial charge is 0.115 e. The second-order valence-corrected chi connectivity index (χ2v) is 4.41. The van der Waals surface area contributed by atoms with Crippen LogP contribution in [0.25, 0.3) is 0 Å². The Morgan fingerprint density at radius 3 is 2.47 bits per heavy atom. The lowest BCUT2D eigenvalue weighted by Gasteiger charge is -2.09. The van der Waals surface area contributed by atoms with Crippen molar-refractivity contribution in [1.82, 2.24) is 0 Å². The fourth-order valence-corrected chi connectivity index (χ4v) is 1.86. The van der Waals surface area contributed by atoms with Gasteiger partial charge in [-0.15, -0.1) is 0 Å². The number of aromatic hydroxyl groups is 1. The number of hydrogen-bond acceptors (Lipinski definition) is 2. The molecule has 0 aliphatic rings. The summed E-state index contributed by atoms with van der Waals surface area (Å²) in [5, 5.41) is 13.2. The average molecular weight is 248 g/mol. The number of phenols is 1.